The van der Waals surface area contributed by atoms with E-state index in [4.69, 9.17) is 23.9 Å². The zero-order chi connectivity index (χ0) is 57.0. The van der Waals surface area contributed by atoms with Gasteiger partial charge in [-0.2, -0.15) is 0 Å². The van der Waals surface area contributed by atoms with Gasteiger partial charge in [-0.15, -0.1) is 20.4 Å². The van der Waals surface area contributed by atoms with Gasteiger partial charge in [0.2, 0.25) is 17.7 Å². The van der Waals surface area contributed by atoms with Crippen molar-refractivity contribution in [2.24, 2.45) is 0 Å². The van der Waals surface area contributed by atoms with Crippen LogP contribution in [0.3, 0.4) is 0 Å². The van der Waals surface area contributed by atoms with Crippen molar-refractivity contribution in [3.05, 3.63) is 324 Å². The molecule has 2 unspecified atom stereocenters. The van der Waals surface area contributed by atoms with E-state index >= 15 is 0 Å². The van der Waals surface area contributed by atoms with E-state index in [0.717, 1.165) is 99.9 Å². The van der Waals surface area contributed by atoms with Gasteiger partial charge in [-0.3, -0.25) is 4.98 Å². The first-order valence-electron chi connectivity index (χ1n) is 29.1. The van der Waals surface area contributed by atoms with Crippen LogP contribution in [-0.2, 0) is 23.7 Å². The van der Waals surface area contributed by atoms with E-state index in [-0.39, 0.29) is 0 Å². The lowest BCUT2D eigenvalue weighted by Gasteiger charge is -2.41. The lowest BCUT2D eigenvalue weighted by molar-refractivity contribution is 0.576. The topological polar surface area (TPSA) is 104 Å². The van der Waals surface area contributed by atoms with Gasteiger partial charge in [0.1, 0.15) is 5.69 Å². The Hall–Kier alpha value is -11.2. The molecule has 0 saturated heterocycles. The van der Waals surface area contributed by atoms with Crippen LogP contribution in [0.15, 0.2) is 288 Å². The average molecular weight is 1110 g/mol. The highest BCUT2D eigenvalue weighted by molar-refractivity contribution is 6.07. The predicted octanol–water partition coefficient (Wildman–Crippen LogP) is 18.3. The van der Waals surface area contributed by atoms with Gasteiger partial charge in [-0.25, -0.2) is 4.98 Å². The van der Waals surface area contributed by atoms with Crippen LogP contribution in [0, 0.1) is 0 Å². The van der Waals surface area contributed by atoms with Crippen LogP contribution in [0.1, 0.15) is 44.8 Å². The molecule has 14 aromatic rings. The minimum atomic E-state index is -0.883. The van der Waals surface area contributed by atoms with Gasteiger partial charge in [-0.1, -0.05) is 218 Å². The van der Waals surface area contributed by atoms with Gasteiger partial charge in [0, 0.05) is 22.9 Å². The van der Waals surface area contributed by atoms with Gasteiger partial charge in [0.25, 0.3) is 5.89 Å². The van der Waals surface area contributed by atoms with E-state index in [0.29, 0.717) is 42.1 Å². The molecule has 8 heteroatoms. The van der Waals surface area contributed by atoms with E-state index < -0.39 is 10.8 Å². The third-order valence-corrected chi connectivity index (χ3v) is 17.4. The van der Waals surface area contributed by atoms with Crippen LogP contribution in [0.5, 0.6) is 0 Å². The molecule has 406 valence electrons. The normalized spacial score (nSPS) is 16.0. The Labute approximate surface area is 497 Å². The van der Waals surface area contributed by atoms with Gasteiger partial charge in [0.05, 0.1) is 22.2 Å². The van der Waals surface area contributed by atoms with Crippen molar-refractivity contribution in [3.8, 4) is 79.3 Å². The lowest BCUT2D eigenvalue weighted by atomic mass is 9.61. The number of benzene rings is 10. The van der Waals surface area contributed by atoms with Crippen LogP contribution in [0.25, 0.3) is 113 Å². The maximum absolute atomic E-state index is 6.72. The number of nitrogens with zero attached hydrogens (tertiary/aromatic N) is 6. The molecular formula is C78H52N6O2. The molecule has 4 heterocycles. The number of aromatic nitrogens is 6. The molecule has 0 N–H and O–H groups in total. The zero-order valence-electron chi connectivity index (χ0n) is 46.6. The minimum absolute atomic E-state index is 0.329. The molecule has 2 aliphatic carbocycles. The fraction of sp³-hybridized carbons (Fsp3) is 0.0513. The summed E-state index contributed by atoms with van der Waals surface area (Å²) in [5, 5.41) is 23.2. The van der Waals surface area contributed by atoms with E-state index in [1.54, 1.807) is 0 Å². The summed E-state index contributed by atoms with van der Waals surface area (Å²) in [6.45, 7) is 0. The summed E-state index contributed by atoms with van der Waals surface area (Å²) in [5.74, 6) is 1.60. The molecule has 10 aromatic carbocycles. The quantitative estimate of drug-likeness (QED) is 0.126. The summed E-state index contributed by atoms with van der Waals surface area (Å²) >= 11 is 0. The summed E-state index contributed by atoms with van der Waals surface area (Å²) in [6.07, 6.45) is 12.6. The van der Waals surface area contributed by atoms with Crippen molar-refractivity contribution in [1.29, 1.82) is 0 Å². The molecule has 4 aromatic heterocycles. The molecule has 0 saturated carbocycles. The molecule has 0 bridgehead atoms. The average Bonchev–Trinajstić information content (AvgIpc) is 0.900. The highest BCUT2D eigenvalue weighted by Gasteiger charge is 2.44. The summed E-state index contributed by atoms with van der Waals surface area (Å²) in [4.78, 5) is 10.8. The maximum atomic E-state index is 6.72. The van der Waals surface area contributed by atoms with E-state index in [1.165, 1.54) is 16.5 Å². The molecule has 0 fully saturated rings. The minimum Gasteiger partial charge on any atom is -0.416 e. The van der Waals surface area contributed by atoms with E-state index in [1.807, 2.05) is 66.9 Å². The first-order valence-corrected chi connectivity index (χ1v) is 29.1. The SMILES string of the molecule is C1=CC(c2cccc(-c3nnc(-c4ccc(-c5ccccc5)cc4)o3)n2)(c2c3c(c(-c4ccc5ccccc5c4)c4ccc(-c5nnc(-c6ccc(-c7ccccc7)cc6)o5)cc24)CC(c2ccccc2)(c2ccccn2)C=C3)Cc2ccccc21. The van der Waals surface area contributed by atoms with Gasteiger partial charge in [0.15, 0.2) is 0 Å². The first kappa shape index (κ1) is 50.5. The number of fused-ring (bicyclic) bond motifs is 4. The highest BCUT2D eigenvalue weighted by Crippen LogP contribution is 2.54. The summed E-state index contributed by atoms with van der Waals surface area (Å²) < 4.78 is 13.3. The van der Waals surface area contributed by atoms with Crippen molar-refractivity contribution >= 4 is 33.7 Å². The fourth-order valence-electron chi connectivity index (χ4n) is 13.2. The molecule has 0 amide bonds. The number of hydrogen-bond acceptors (Lipinski definition) is 8. The zero-order valence-corrected chi connectivity index (χ0v) is 46.6. The third-order valence-electron chi connectivity index (χ3n) is 17.4. The van der Waals surface area contributed by atoms with Crippen molar-refractivity contribution in [3.63, 3.8) is 0 Å². The molecule has 2 aliphatic rings. The third kappa shape index (κ3) is 8.77. The number of allylic oxidation sites excluding steroid dienone is 2. The maximum Gasteiger partial charge on any atom is 0.266 e. The van der Waals surface area contributed by atoms with Crippen LogP contribution < -0.4 is 0 Å². The molecule has 86 heavy (non-hydrogen) atoms. The first-order chi connectivity index (χ1) is 42.5. The Balaban J connectivity index is 0.936. The Kier molecular flexibility index (Phi) is 12.3. The van der Waals surface area contributed by atoms with Crippen LogP contribution in [-0.4, -0.2) is 30.4 Å². The molecule has 0 spiro atoms. The second-order valence-electron chi connectivity index (χ2n) is 22.3. The summed E-state index contributed by atoms with van der Waals surface area (Å²) in [6, 6.07) is 91.4. The van der Waals surface area contributed by atoms with E-state index in [9.17, 15) is 0 Å². The Morgan fingerprint density at radius 2 is 0.919 bits per heavy atom. The smallest absolute Gasteiger partial charge is 0.266 e. The standard InChI is InChI=1S/C78H52N6O2/c1-4-17-51(18-5-1)55-30-35-57(36-31-55)73-81-83-75(85-73)61-40-41-64-66(48-61)72(65-43-45-77(63-25-8-3-9-26-63,69-28-14-15-46-79-69)50-67(65)71(64)60-39-34-53-21-10-12-23-59(53)47-60)78(44-42-54-22-11-13-24-62(54)49-78)70-29-16-27-68(80-70)76-84-82-74(86-76)58-37-32-56(33-38-58)52-19-6-2-7-20-52/h1-48H,49-50H2. The second kappa shape index (κ2) is 20.9. The number of rotatable bonds is 11. The molecule has 16 rings (SSSR count). The van der Waals surface area contributed by atoms with Gasteiger partial charge < -0.3 is 8.83 Å². The summed E-state index contributed by atoms with van der Waals surface area (Å²) in [7, 11) is 0. The molecular weight excluding hydrogens is 1050 g/mol. The molecule has 0 aliphatic heterocycles. The Morgan fingerprint density at radius 3 is 1.63 bits per heavy atom. The number of pyridine rings is 2. The largest absolute Gasteiger partial charge is 0.416 e. The number of hydrogen-bond donors (Lipinski definition) is 0. The van der Waals surface area contributed by atoms with Crippen LogP contribution in [0.4, 0.5) is 0 Å². The summed E-state index contributed by atoms with van der Waals surface area (Å²) in [5.41, 5.74) is 17.0. The van der Waals surface area contributed by atoms with Crippen molar-refractivity contribution < 1.29 is 8.83 Å². The van der Waals surface area contributed by atoms with Gasteiger partial charge in [-0.05, 0) is 168 Å². The fourth-order valence-corrected chi connectivity index (χ4v) is 13.2. The molecule has 8 nitrogen and oxygen atoms in total. The Morgan fingerprint density at radius 1 is 0.360 bits per heavy atom. The lowest BCUT2D eigenvalue weighted by Crippen LogP contribution is -2.36. The van der Waals surface area contributed by atoms with Gasteiger partial charge >= 0.3 is 0 Å². The van der Waals surface area contributed by atoms with Crippen molar-refractivity contribution in [2.75, 3.05) is 0 Å². The van der Waals surface area contributed by atoms with Crippen molar-refractivity contribution in [1.82, 2.24) is 30.4 Å². The molecule has 2 atom stereocenters. The van der Waals surface area contributed by atoms with Crippen molar-refractivity contribution in [2.45, 2.75) is 23.7 Å². The predicted molar refractivity (Wildman–Crippen MR) is 344 cm³/mol. The van der Waals surface area contributed by atoms with Crippen LogP contribution >= 0.6 is 0 Å². The second-order valence-corrected chi connectivity index (χ2v) is 22.3. The Bertz CT molecular complexity index is 4880. The van der Waals surface area contributed by atoms with Crippen LogP contribution in [0.2, 0.25) is 0 Å². The monoisotopic (exact) mass is 1100 g/mol. The highest BCUT2D eigenvalue weighted by atomic mass is 16.4. The molecule has 0 radical (unpaired) electrons. The van der Waals surface area contributed by atoms with E-state index in [2.05, 4.69) is 240 Å².